The summed E-state index contributed by atoms with van der Waals surface area (Å²) in [5.74, 6) is 0.548. The molecular weight excluding hydrogens is 265 g/mol. The lowest BCUT2D eigenvalue weighted by molar-refractivity contribution is -0.135. The number of aromatic nitrogens is 1. The SMILES string of the molecule is Nc1cccc(CCCCCCCCCC(F)(F)F)n1. The van der Waals surface area contributed by atoms with E-state index >= 15 is 0 Å². The van der Waals surface area contributed by atoms with E-state index in [-0.39, 0.29) is 6.42 Å². The van der Waals surface area contributed by atoms with Crippen molar-refractivity contribution in [2.45, 2.75) is 64.0 Å². The van der Waals surface area contributed by atoms with E-state index in [1.54, 1.807) is 6.07 Å². The summed E-state index contributed by atoms with van der Waals surface area (Å²) in [6.45, 7) is 0. The van der Waals surface area contributed by atoms with Crippen LogP contribution in [0.15, 0.2) is 18.2 Å². The van der Waals surface area contributed by atoms with Gasteiger partial charge in [0.1, 0.15) is 5.82 Å². The minimum absolute atomic E-state index is 0.261. The first-order chi connectivity index (χ1) is 9.47. The highest BCUT2D eigenvalue weighted by Gasteiger charge is 2.25. The Morgan fingerprint density at radius 1 is 0.900 bits per heavy atom. The Morgan fingerprint density at radius 2 is 1.50 bits per heavy atom. The van der Waals surface area contributed by atoms with Crippen molar-refractivity contribution in [3.05, 3.63) is 23.9 Å². The molecule has 0 spiro atoms. The lowest BCUT2D eigenvalue weighted by atomic mass is 10.1. The van der Waals surface area contributed by atoms with Gasteiger partial charge in [0.25, 0.3) is 0 Å². The van der Waals surface area contributed by atoms with Crippen molar-refractivity contribution in [2.24, 2.45) is 0 Å². The number of hydrogen-bond donors (Lipinski definition) is 1. The van der Waals surface area contributed by atoms with Crippen LogP contribution in [0.4, 0.5) is 19.0 Å². The van der Waals surface area contributed by atoms with Gasteiger partial charge in [-0.15, -0.1) is 0 Å². The van der Waals surface area contributed by atoms with Gasteiger partial charge in [0.2, 0.25) is 0 Å². The molecule has 1 heterocycles. The summed E-state index contributed by atoms with van der Waals surface area (Å²) in [6.07, 6.45) is 2.35. The molecule has 0 unspecified atom stereocenters. The van der Waals surface area contributed by atoms with E-state index < -0.39 is 12.6 Å². The molecule has 0 bridgehead atoms. The number of anilines is 1. The van der Waals surface area contributed by atoms with Crippen molar-refractivity contribution < 1.29 is 13.2 Å². The lowest BCUT2D eigenvalue weighted by Crippen LogP contribution is -2.06. The van der Waals surface area contributed by atoms with E-state index in [0.717, 1.165) is 44.2 Å². The number of rotatable bonds is 9. The van der Waals surface area contributed by atoms with E-state index in [2.05, 4.69) is 4.98 Å². The van der Waals surface area contributed by atoms with Gasteiger partial charge in [-0.2, -0.15) is 13.2 Å². The molecule has 20 heavy (non-hydrogen) atoms. The molecule has 0 saturated carbocycles. The van der Waals surface area contributed by atoms with E-state index in [9.17, 15) is 13.2 Å². The summed E-state index contributed by atoms with van der Waals surface area (Å²) in [5, 5.41) is 0. The fraction of sp³-hybridized carbons (Fsp3) is 0.667. The van der Waals surface area contributed by atoms with Gasteiger partial charge < -0.3 is 5.73 Å². The average molecular weight is 288 g/mol. The molecule has 5 heteroatoms. The van der Waals surface area contributed by atoms with Gasteiger partial charge in [-0.25, -0.2) is 4.98 Å². The van der Waals surface area contributed by atoms with E-state index in [0.29, 0.717) is 12.2 Å². The Balaban J connectivity index is 1.93. The Hall–Kier alpha value is -1.26. The van der Waals surface area contributed by atoms with Crippen LogP contribution in [0, 0.1) is 0 Å². The predicted molar refractivity (Wildman–Crippen MR) is 75.3 cm³/mol. The molecule has 2 nitrogen and oxygen atoms in total. The molecule has 0 aliphatic rings. The molecule has 1 aromatic heterocycles. The number of nitrogens with zero attached hydrogens (tertiary/aromatic N) is 1. The molecule has 1 rings (SSSR count). The monoisotopic (exact) mass is 288 g/mol. The average Bonchev–Trinajstić information content (AvgIpc) is 2.35. The maximum atomic E-state index is 11.9. The third-order valence-corrected chi connectivity index (χ3v) is 3.22. The van der Waals surface area contributed by atoms with Gasteiger partial charge in [-0.05, 0) is 31.4 Å². The molecule has 0 radical (unpaired) electrons. The number of nitrogen functional groups attached to an aromatic ring is 1. The molecule has 0 aromatic carbocycles. The van der Waals surface area contributed by atoms with Gasteiger partial charge in [0, 0.05) is 12.1 Å². The molecule has 114 valence electrons. The van der Waals surface area contributed by atoms with Crippen LogP contribution in [0.2, 0.25) is 0 Å². The number of hydrogen-bond acceptors (Lipinski definition) is 2. The standard InChI is InChI=1S/C15H23F3N2/c16-15(17,18)12-7-5-3-1-2-4-6-9-13-10-8-11-14(19)20-13/h8,10-11H,1-7,9,12H2,(H2,19,20). The minimum Gasteiger partial charge on any atom is -0.384 e. The van der Waals surface area contributed by atoms with E-state index in [1.165, 1.54) is 0 Å². The van der Waals surface area contributed by atoms with Crippen molar-refractivity contribution in [1.29, 1.82) is 0 Å². The number of nitrogens with two attached hydrogens (primary N) is 1. The van der Waals surface area contributed by atoms with E-state index in [1.807, 2.05) is 12.1 Å². The Morgan fingerprint density at radius 3 is 2.10 bits per heavy atom. The van der Waals surface area contributed by atoms with Gasteiger partial charge in [0.05, 0.1) is 0 Å². The molecule has 0 aliphatic carbocycles. The highest BCUT2D eigenvalue weighted by molar-refractivity contribution is 5.28. The second kappa shape index (κ2) is 8.82. The Kier molecular flexibility index (Phi) is 7.41. The van der Waals surface area contributed by atoms with Crippen LogP contribution in [0.3, 0.4) is 0 Å². The Bertz CT molecular complexity index is 378. The van der Waals surface area contributed by atoms with Crippen LogP contribution < -0.4 is 5.73 Å². The minimum atomic E-state index is -4.00. The number of pyridine rings is 1. The van der Waals surface area contributed by atoms with Crippen molar-refractivity contribution in [3.63, 3.8) is 0 Å². The van der Waals surface area contributed by atoms with Crippen molar-refractivity contribution in [3.8, 4) is 0 Å². The van der Waals surface area contributed by atoms with Crippen LogP contribution in [0.1, 0.15) is 57.1 Å². The maximum Gasteiger partial charge on any atom is 0.389 e. The van der Waals surface area contributed by atoms with Crippen LogP contribution in [0.5, 0.6) is 0 Å². The summed E-state index contributed by atoms with van der Waals surface area (Å²) in [6, 6.07) is 5.64. The molecule has 0 fully saturated rings. The number of aryl methyl sites for hydroxylation is 1. The second-order valence-corrected chi connectivity index (χ2v) is 5.14. The molecule has 1 aromatic rings. The first-order valence-corrected chi connectivity index (χ1v) is 7.25. The predicted octanol–water partition coefficient (Wildman–Crippen LogP) is 4.89. The third-order valence-electron chi connectivity index (χ3n) is 3.22. The largest absolute Gasteiger partial charge is 0.389 e. The van der Waals surface area contributed by atoms with Crippen molar-refractivity contribution >= 4 is 5.82 Å². The summed E-state index contributed by atoms with van der Waals surface area (Å²) < 4.78 is 35.7. The van der Waals surface area contributed by atoms with Crippen molar-refractivity contribution in [1.82, 2.24) is 4.98 Å². The summed E-state index contributed by atoms with van der Waals surface area (Å²) in [4.78, 5) is 4.23. The smallest absolute Gasteiger partial charge is 0.384 e. The topological polar surface area (TPSA) is 38.9 Å². The van der Waals surface area contributed by atoms with Gasteiger partial charge >= 0.3 is 6.18 Å². The van der Waals surface area contributed by atoms with Gasteiger partial charge in [-0.1, -0.05) is 38.2 Å². The maximum absolute atomic E-state index is 11.9. The first kappa shape index (κ1) is 16.8. The number of alkyl halides is 3. The zero-order valence-electron chi connectivity index (χ0n) is 11.8. The Labute approximate surface area is 118 Å². The van der Waals surface area contributed by atoms with Gasteiger partial charge in [-0.3, -0.25) is 0 Å². The molecule has 2 N–H and O–H groups in total. The van der Waals surface area contributed by atoms with Crippen molar-refractivity contribution in [2.75, 3.05) is 5.73 Å². The molecule has 0 atom stereocenters. The molecular formula is C15H23F3N2. The van der Waals surface area contributed by atoms with E-state index in [4.69, 9.17) is 5.73 Å². The van der Waals surface area contributed by atoms with Crippen LogP contribution in [0.25, 0.3) is 0 Å². The fourth-order valence-corrected chi connectivity index (χ4v) is 2.15. The quantitative estimate of drug-likeness (QED) is 0.657. The normalized spacial score (nSPS) is 11.8. The summed E-state index contributed by atoms with van der Waals surface area (Å²) >= 11 is 0. The van der Waals surface area contributed by atoms with Crippen LogP contribution in [-0.4, -0.2) is 11.2 Å². The number of halogens is 3. The molecule has 0 saturated heterocycles. The van der Waals surface area contributed by atoms with Gasteiger partial charge in [0.15, 0.2) is 0 Å². The fourth-order valence-electron chi connectivity index (χ4n) is 2.15. The summed E-state index contributed by atoms with van der Waals surface area (Å²) in [5.41, 5.74) is 6.61. The molecule has 0 aliphatic heterocycles. The highest BCUT2D eigenvalue weighted by Crippen LogP contribution is 2.23. The van der Waals surface area contributed by atoms with Crippen LogP contribution >= 0.6 is 0 Å². The second-order valence-electron chi connectivity index (χ2n) is 5.14. The zero-order valence-corrected chi connectivity index (χ0v) is 11.8. The van der Waals surface area contributed by atoms with Crippen LogP contribution in [-0.2, 0) is 6.42 Å². The summed E-state index contributed by atoms with van der Waals surface area (Å²) in [7, 11) is 0. The zero-order chi connectivity index (χ0) is 14.8. The number of unbranched alkanes of at least 4 members (excludes halogenated alkanes) is 6. The molecule has 0 amide bonds. The lowest BCUT2D eigenvalue weighted by Gasteiger charge is -2.05. The highest BCUT2D eigenvalue weighted by atomic mass is 19.4. The first-order valence-electron chi connectivity index (χ1n) is 7.25. The third kappa shape index (κ3) is 8.77.